The van der Waals surface area contributed by atoms with Crippen LogP contribution in [0.1, 0.15) is 10.4 Å². The molecule has 0 heterocycles. The van der Waals surface area contributed by atoms with Crippen LogP contribution < -0.4 is 4.74 Å². The molecule has 0 unspecified atom stereocenters. The minimum absolute atomic E-state index is 0.428. The summed E-state index contributed by atoms with van der Waals surface area (Å²) in [5.41, 5.74) is 0.592. The van der Waals surface area contributed by atoms with Gasteiger partial charge in [-0.2, -0.15) is 0 Å². The number of hydrogen-bond donors (Lipinski definition) is 0. The van der Waals surface area contributed by atoms with Gasteiger partial charge in [-0.15, -0.1) is 0 Å². The van der Waals surface area contributed by atoms with E-state index in [4.69, 9.17) is 4.74 Å². The predicted octanol–water partition coefficient (Wildman–Crippen LogP) is 3.59. The van der Waals surface area contributed by atoms with Crippen LogP contribution in [0.15, 0.2) is 33.7 Å². The summed E-state index contributed by atoms with van der Waals surface area (Å²) < 4.78 is 6.88. The monoisotopic (exact) mass is 318 g/mol. The van der Waals surface area contributed by atoms with Gasteiger partial charge in [0.25, 0.3) is 0 Å². The van der Waals surface area contributed by atoms with Crippen molar-refractivity contribution in [3.8, 4) is 5.75 Å². The fourth-order valence-corrected chi connectivity index (χ4v) is 2.38. The molecule has 0 atom stereocenters. The molecule has 14 heavy (non-hydrogen) atoms. The third kappa shape index (κ3) is 2.69. The van der Waals surface area contributed by atoms with Crippen LogP contribution >= 0.6 is 31.9 Å². The van der Waals surface area contributed by atoms with Gasteiger partial charge in [0, 0.05) is 5.56 Å². The van der Waals surface area contributed by atoms with Crippen LogP contribution in [-0.4, -0.2) is 12.9 Å². The van der Waals surface area contributed by atoms with Crippen molar-refractivity contribution in [3.63, 3.8) is 0 Å². The number of benzene rings is 1. The van der Waals surface area contributed by atoms with E-state index in [0.29, 0.717) is 17.9 Å². The molecule has 0 saturated heterocycles. The van der Waals surface area contributed by atoms with E-state index >= 15 is 0 Å². The predicted molar refractivity (Wildman–Crippen MR) is 62.9 cm³/mol. The molecular formula is C10H8Br2O2. The van der Waals surface area contributed by atoms with Crippen molar-refractivity contribution in [2.75, 3.05) is 6.61 Å². The van der Waals surface area contributed by atoms with Gasteiger partial charge in [0.05, 0.1) is 8.95 Å². The molecule has 0 radical (unpaired) electrons. The number of aldehydes is 1. The normalized spacial score (nSPS) is 9.57. The maximum atomic E-state index is 10.5. The third-order valence-electron chi connectivity index (χ3n) is 1.50. The van der Waals surface area contributed by atoms with E-state index in [2.05, 4.69) is 38.4 Å². The van der Waals surface area contributed by atoms with Crippen LogP contribution in [0.2, 0.25) is 0 Å². The minimum atomic E-state index is 0.428. The highest BCUT2D eigenvalue weighted by Gasteiger charge is 2.07. The first-order valence-corrected chi connectivity index (χ1v) is 5.45. The molecule has 0 aliphatic carbocycles. The van der Waals surface area contributed by atoms with E-state index in [0.717, 1.165) is 15.2 Å². The molecule has 1 aromatic carbocycles. The first-order valence-electron chi connectivity index (χ1n) is 3.87. The molecular weight excluding hydrogens is 312 g/mol. The average molecular weight is 320 g/mol. The zero-order valence-corrected chi connectivity index (χ0v) is 10.5. The highest BCUT2D eigenvalue weighted by molar-refractivity contribution is 9.11. The molecule has 0 aliphatic rings. The van der Waals surface area contributed by atoms with Crippen molar-refractivity contribution < 1.29 is 9.53 Å². The molecule has 0 bridgehead atoms. The molecule has 1 rings (SSSR count). The second kappa shape index (κ2) is 5.32. The minimum Gasteiger partial charge on any atom is -0.487 e. The van der Waals surface area contributed by atoms with Gasteiger partial charge in [0.2, 0.25) is 0 Å². The lowest BCUT2D eigenvalue weighted by Gasteiger charge is -2.08. The van der Waals surface area contributed by atoms with Crippen molar-refractivity contribution >= 4 is 38.1 Å². The molecule has 4 heteroatoms. The van der Waals surface area contributed by atoms with Gasteiger partial charge in [-0.25, -0.2) is 0 Å². The second-order valence-electron chi connectivity index (χ2n) is 2.53. The molecule has 2 nitrogen and oxygen atoms in total. The third-order valence-corrected chi connectivity index (χ3v) is 2.68. The molecule has 0 fully saturated rings. The van der Waals surface area contributed by atoms with Gasteiger partial charge in [0.1, 0.15) is 18.6 Å². The molecule has 1 aromatic rings. The van der Waals surface area contributed by atoms with E-state index in [1.54, 1.807) is 18.2 Å². The lowest BCUT2D eigenvalue weighted by molar-refractivity contribution is 0.112. The smallest absolute Gasteiger partial charge is 0.150 e. The number of hydrogen-bond acceptors (Lipinski definition) is 2. The van der Waals surface area contributed by atoms with Gasteiger partial charge < -0.3 is 4.74 Å². The molecule has 0 spiro atoms. The van der Waals surface area contributed by atoms with Crippen LogP contribution in [0.5, 0.6) is 5.75 Å². The van der Waals surface area contributed by atoms with Gasteiger partial charge in [-0.3, -0.25) is 4.79 Å². The van der Waals surface area contributed by atoms with Crippen molar-refractivity contribution in [3.05, 3.63) is 39.3 Å². The topological polar surface area (TPSA) is 26.3 Å². The van der Waals surface area contributed by atoms with Crippen molar-refractivity contribution in [2.24, 2.45) is 0 Å². The Bertz CT molecular complexity index is 338. The number of carbonyl (C=O) groups is 1. The Morgan fingerprint density at radius 3 is 2.36 bits per heavy atom. The zero-order valence-electron chi connectivity index (χ0n) is 7.30. The standard InChI is InChI=1S/C10H8Br2O2/c1-2-3-14-10-8(11)4-7(6-13)5-9(10)12/h2,4-6H,1,3H2. The van der Waals surface area contributed by atoms with E-state index < -0.39 is 0 Å². The summed E-state index contributed by atoms with van der Waals surface area (Å²) in [6, 6.07) is 3.41. The summed E-state index contributed by atoms with van der Waals surface area (Å²) in [4.78, 5) is 10.5. The van der Waals surface area contributed by atoms with Gasteiger partial charge in [-0.1, -0.05) is 12.7 Å². The van der Waals surface area contributed by atoms with Crippen LogP contribution in [0, 0.1) is 0 Å². The molecule has 0 N–H and O–H groups in total. The fourth-order valence-electron chi connectivity index (χ4n) is 0.928. The quantitative estimate of drug-likeness (QED) is 0.626. The second-order valence-corrected chi connectivity index (χ2v) is 4.24. The largest absolute Gasteiger partial charge is 0.487 e. The number of halogens is 2. The van der Waals surface area contributed by atoms with Gasteiger partial charge >= 0.3 is 0 Å². The molecule has 0 saturated carbocycles. The van der Waals surface area contributed by atoms with E-state index in [1.807, 2.05) is 0 Å². The number of carbonyl (C=O) groups excluding carboxylic acids is 1. The average Bonchev–Trinajstić information content (AvgIpc) is 2.16. The van der Waals surface area contributed by atoms with Crippen molar-refractivity contribution in [2.45, 2.75) is 0 Å². The maximum Gasteiger partial charge on any atom is 0.150 e. The Balaban J connectivity index is 3.04. The Morgan fingerprint density at radius 1 is 1.36 bits per heavy atom. The van der Waals surface area contributed by atoms with Crippen LogP contribution in [0.4, 0.5) is 0 Å². The van der Waals surface area contributed by atoms with E-state index in [1.165, 1.54) is 0 Å². The summed E-state index contributed by atoms with van der Waals surface area (Å²) in [6.45, 7) is 3.99. The number of rotatable bonds is 4. The van der Waals surface area contributed by atoms with Gasteiger partial charge in [-0.05, 0) is 44.0 Å². The van der Waals surface area contributed by atoms with Crippen molar-refractivity contribution in [1.82, 2.24) is 0 Å². The highest BCUT2D eigenvalue weighted by atomic mass is 79.9. The Kier molecular flexibility index (Phi) is 4.35. The Morgan fingerprint density at radius 2 is 1.93 bits per heavy atom. The summed E-state index contributed by atoms with van der Waals surface area (Å²) >= 11 is 6.64. The summed E-state index contributed by atoms with van der Waals surface area (Å²) in [6.07, 6.45) is 2.44. The van der Waals surface area contributed by atoms with Crippen LogP contribution in [0.3, 0.4) is 0 Å². The first-order chi connectivity index (χ1) is 6.69. The molecule has 0 amide bonds. The number of ether oxygens (including phenoxy) is 1. The van der Waals surface area contributed by atoms with E-state index in [-0.39, 0.29) is 0 Å². The van der Waals surface area contributed by atoms with Crippen molar-refractivity contribution in [1.29, 1.82) is 0 Å². The molecule has 0 aromatic heterocycles. The fraction of sp³-hybridized carbons (Fsp3) is 0.100. The zero-order chi connectivity index (χ0) is 10.6. The van der Waals surface area contributed by atoms with Crippen LogP contribution in [0.25, 0.3) is 0 Å². The Hall–Kier alpha value is -0.610. The summed E-state index contributed by atoms with van der Waals surface area (Å²) in [5, 5.41) is 0. The lowest BCUT2D eigenvalue weighted by atomic mass is 10.2. The van der Waals surface area contributed by atoms with E-state index in [9.17, 15) is 4.79 Å². The molecule has 74 valence electrons. The van der Waals surface area contributed by atoms with Gasteiger partial charge in [0.15, 0.2) is 0 Å². The SMILES string of the molecule is C=CCOc1c(Br)cc(C=O)cc1Br. The summed E-state index contributed by atoms with van der Waals surface area (Å²) in [5.74, 6) is 0.676. The maximum absolute atomic E-state index is 10.5. The lowest BCUT2D eigenvalue weighted by Crippen LogP contribution is -1.95. The molecule has 0 aliphatic heterocycles. The van der Waals surface area contributed by atoms with Crippen LogP contribution in [-0.2, 0) is 0 Å². The highest BCUT2D eigenvalue weighted by Crippen LogP contribution is 2.34. The summed E-state index contributed by atoms with van der Waals surface area (Å²) in [7, 11) is 0. The Labute approximate surface area is 99.2 Å². The first kappa shape index (κ1) is 11.5.